The molecule has 32 heavy (non-hydrogen) atoms. The van der Waals surface area contributed by atoms with Crippen molar-refractivity contribution in [1.29, 1.82) is 0 Å². The fourth-order valence-corrected chi connectivity index (χ4v) is 3.92. The Morgan fingerprint density at radius 3 is 2.03 bits per heavy atom. The molecular formula is C26H34Cl2N2O2. The van der Waals surface area contributed by atoms with Gasteiger partial charge >= 0.3 is 0 Å². The van der Waals surface area contributed by atoms with Gasteiger partial charge in [-0.3, -0.25) is 9.59 Å². The van der Waals surface area contributed by atoms with E-state index in [1.807, 2.05) is 13.8 Å². The molecule has 2 amide bonds. The van der Waals surface area contributed by atoms with E-state index in [-0.39, 0.29) is 36.2 Å². The first kappa shape index (κ1) is 26.2. The zero-order valence-electron chi connectivity index (χ0n) is 19.8. The molecule has 0 aromatic heterocycles. The minimum atomic E-state index is -0.652. The van der Waals surface area contributed by atoms with E-state index in [4.69, 9.17) is 23.2 Å². The highest BCUT2D eigenvalue weighted by Gasteiger charge is 2.27. The Morgan fingerprint density at radius 2 is 1.53 bits per heavy atom. The van der Waals surface area contributed by atoms with Crippen LogP contribution in [0.1, 0.15) is 64.7 Å². The quantitative estimate of drug-likeness (QED) is 0.495. The molecule has 0 bridgehead atoms. The lowest BCUT2D eigenvalue weighted by molar-refractivity contribution is -0.140. The Morgan fingerprint density at radius 1 is 0.969 bits per heavy atom. The number of hydrogen-bond donors (Lipinski definition) is 1. The molecule has 0 fully saturated rings. The highest BCUT2D eigenvalue weighted by Crippen LogP contribution is 2.27. The van der Waals surface area contributed by atoms with Crippen LogP contribution in [0, 0.1) is 0 Å². The van der Waals surface area contributed by atoms with E-state index in [1.54, 1.807) is 30.0 Å². The van der Waals surface area contributed by atoms with E-state index in [2.05, 4.69) is 50.4 Å². The molecule has 1 atom stereocenters. The van der Waals surface area contributed by atoms with Crippen LogP contribution in [0.4, 0.5) is 0 Å². The molecular weight excluding hydrogens is 443 g/mol. The van der Waals surface area contributed by atoms with Gasteiger partial charge in [0.2, 0.25) is 11.8 Å². The molecule has 0 heterocycles. The molecule has 0 saturated carbocycles. The van der Waals surface area contributed by atoms with Crippen molar-refractivity contribution in [2.24, 2.45) is 0 Å². The standard InChI is InChI=1S/C26H34Cl2N2O2/c1-17(2)29-25(32)18(3)30(16-21-22(27)8-7-9-23(21)28)24(31)15-12-19-10-13-20(14-11-19)26(4,5)6/h7-11,13-14,17-18H,12,15-16H2,1-6H3,(H,29,32)/t18-/m1/s1. The van der Waals surface area contributed by atoms with E-state index in [0.717, 1.165) is 5.56 Å². The number of nitrogens with one attached hydrogen (secondary N) is 1. The van der Waals surface area contributed by atoms with Crippen molar-refractivity contribution in [3.63, 3.8) is 0 Å². The molecule has 0 aliphatic rings. The largest absolute Gasteiger partial charge is 0.352 e. The second kappa shape index (κ2) is 11.2. The topological polar surface area (TPSA) is 49.4 Å². The van der Waals surface area contributed by atoms with Crippen LogP contribution in [0.25, 0.3) is 0 Å². The van der Waals surface area contributed by atoms with Crippen LogP contribution < -0.4 is 5.32 Å². The number of amides is 2. The van der Waals surface area contributed by atoms with Crippen LogP contribution in [-0.2, 0) is 28.0 Å². The molecule has 0 unspecified atom stereocenters. The maximum absolute atomic E-state index is 13.3. The molecule has 174 valence electrons. The van der Waals surface area contributed by atoms with Gasteiger partial charge in [-0.2, -0.15) is 0 Å². The molecule has 6 heteroatoms. The van der Waals surface area contributed by atoms with E-state index >= 15 is 0 Å². The average Bonchev–Trinajstić information content (AvgIpc) is 2.70. The molecule has 0 spiro atoms. The van der Waals surface area contributed by atoms with Gasteiger partial charge in [0.15, 0.2) is 0 Å². The summed E-state index contributed by atoms with van der Waals surface area (Å²) >= 11 is 12.7. The smallest absolute Gasteiger partial charge is 0.242 e. The molecule has 2 aromatic rings. The lowest BCUT2D eigenvalue weighted by Crippen LogP contribution is -2.49. The van der Waals surface area contributed by atoms with Crippen LogP contribution in [0.2, 0.25) is 10.0 Å². The third kappa shape index (κ3) is 7.25. The van der Waals surface area contributed by atoms with Crippen LogP contribution >= 0.6 is 23.2 Å². The number of rotatable bonds is 8. The van der Waals surface area contributed by atoms with Crippen molar-refractivity contribution in [3.8, 4) is 0 Å². The summed E-state index contributed by atoms with van der Waals surface area (Å²) in [7, 11) is 0. The summed E-state index contributed by atoms with van der Waals surface area (Å²) in [4.78, 5) is 27.5. The Bertz CT molecular complexity index is 914. The first-order chi connectivity index (χ1) is 14.9. The predicted octanol–water partition coefficient (Wildman–Crippen LogP) is 6.17. The molecule has 2 rings (SSSR count). The van der Waals surface area contributed by atoms with Crippen molar-refractivity contribution in [1.82, 2.24) is 10.2 Å². The summed E-state index contributed by atoms with van der Waals surface area (Å²) in [5.41, 5.74) is 3.06. The Balaban J connectivity index is 2.20. The van der Waals surface area contributed by atoms with Gasteiger partial charge in [-0.1, -0.05) is 74.3 Å². The van der Waals surface area contributed by atoms with Gasteiger partial charge in [0.1, 0.15) is 6.04 Å². The van der Waals surface area contributed by atoms with E-state index in [0.29, 0.717) is 22.0 Å². The van der Waals surface area contributed by atoms with E-state index in [1.165, 1.54) is 5.56 Å². The van der Waals surface area contributed by atoms with Gasteiger partial charge in [0, 0.05) is 34.6 Å². The van der Waals surface area contributed by atoms with Crippen LogP contribution in [0.15, 0.2) is 42.5 Å². The Hall–Kier alpha value is -2.04. The zero-order chi connectivity index (χ0) is 24.1. The Kier molecular flexibility index (Phi) is 9.18. The minimum absolute atomic E-state index is 0.0212. The lowest BCUT2D eigenvalue weighted by Gasteiger charge is -2.30. The van der Waals surface area contributed by atoms with Gasteiger partial charge in [-0.25, -0.2) is 0 Å². The zero-order valence-corrected chi connectivity index (χ0v) is 21.3. The molecule has 0 aliphatic carbocycles. The maximum atomic E-state index is 13.3. The number of aryl methyl sites for hydroxylation is 1. The van der Waals surface area contributed by atoms with Crippen molar-refractivity contribution >= 4 is 35.0 Å². The molecule has 0 aliphatic heterocycles. The van der Waals surface area contributed by atoms with Crippen LogP contribution in [0.5, 0.6) is 0 Å². The summed E-state index contributed by atoms with van der Waals surface area (Å²) in [5, 5.41) is 3.84. The highest BCUT2D eigenvalue weighted by molar-refractivity contribution is 6.36. The average molecular weight is 477 g/mol. The lowest BCUT2D eigenvalue weighted by atomic mass is 9.86. The molecule has 0 saturated heterocycles. The second-order valence-corrected chi connectivity index (χ2v) is 10.3. The van der Waals surface area contributed by atoms with Crippen LogP contribution in [-0.4, -0.2) is 28.8 Å². The number of halogens is 2. The first-order valence-corrected chi connectivity index (χ1v) is 11.8. The molecule has 2 aromatic carbocycles. The van der Waals surface area contributed by atoms with Gasteiger partial charge in [-0.05, 0) is 55.9 Å². The summed E-state index contributed by atoms with van der Waals surface area (Å²) in [5.74, 6) is -0.321. The van der Waals surface area contributed by atoms with Gasteiger partial charge in [0.05, 0.1) is 0 Å². The number of nitrogens with zero attached hydrogens (tertiary/aromatic N) is 1. The van der Waals surface area contributed by atoms with Crippen molar-refractivity contribution < 1.29 is 9.59 Å². The van der Waals surface area contributed by atoms with E-state index in [9.17, 15) is 9.59 Å². The Labute approximate surface area is 202 Å². The number of carbonyl (C=O) groups excluding carboxylic acids is 2. The third-order valence-electron chi connectivity index (χ3n) is 5.44. The number of benzene rings is 2. The van der Waals surface area contributed by atoms with Gasteiger partial charge in [0.25, 0.3) is 0 Å². The maximum Gasteiger partial charge on any atom is 0.242 e. The monoisotopic (exact) mass is 476 g/mol. The van der Waals surface area contributed by atoms with Crippen molar-refractivity contribution in [2.45, 2.75) is 78.4 Å². The summed E-state index contributed by atoms with van der Waals surface area (Å²) in [6.45, 7) is 12.2. The first-order valence-electron chi connectivity index (χ1n) is 11.0. The van der Waals surface area contributed by atoms with E-state index < -0.39 is 6.04 Å². The van der Waals surface area contributed by atoms with Gasteiger partial charge < -0.3 is 10.2 Å². The molecule has 4 nitrogen and oxygen atoms in total. The van der Waals surface area contributed by atoms with Crippen molar-refractivity contribution in [2.75, 3.05) is 0 Å². The minimum Gasteiger partial charge on any atom is -0.352 e. The van der Waals surface area contributed by atoms with Gasteiger partial charge in [-0.15, -0.1) is 0 Å². The second-order valence-electron chi connectivity index (χ2n) is 9.51. The highest BCUT2D eigenvalue weighted by atomic mass is 35.5. The number of carbonyl (C=O) groups is 2. The third-order valence-corrected chi connectivity index (χ3v) is 6.14. The summed E-state index contributed by atoms with van der Waals surface area (Å²) in [6, 6.07) is 12.9. The van der Waals surface area contributed by atoms with Crippen molar-refractivity contribution in [3.05, 3.63) is 69.2 Å². The molecule has 1 N–H and O–H groups in total. The van der Waals surface area contributed by atoms with Crippen LogP contribution in [0.3, 0.4) is 0 Å². The SMILES string of the molecule is CC(C)NC(=O)[C@@H](C)N(Cc1c(Cl)cccc1Cl)C(=O)CCc1ccc(C(C)(C)C)cc1. The summed E-state index contributed by atoms with van der Waals surface area (Å²) in [6.07, 6.45) is 0.880. The number of hydrogen-bond acceptors (Lipinski definition) is 2. The fraction of sp³-hybridized carbons (Fsp3) is 0.462. The fourth-order valence-electron chi connectivity index (χ4n) is 3.41. The normalized spacial score (nSPS) is 12.5. The summed E-state index contributed by atoms with van der Waals surface area (Å²) < 4.78 is 0. The molecule has 0 radical (unpaired) electrons. The predicted molar refractivity (Wildman–Crippen MR) is 133 cm³/mol.